The molecule has 28 heavy (non-hydrogen) atoms. The highest BCUT2D eigenvalue weighted by molar-refractivity contribution is 5.88. The minimum atomic E-state index is 0.477. The Morgan fingerprint density at radius 1 is 1.18 bits per heavy atom. The Morgan fingerprint density at radius 3 is 2.79 bits per heavy atom. The summed E-state index contributed by atoms with van der Waals surface area (Å²) in [5.41, 5.74) is 2.83. The number of guanidine groups is 1. The highest BCUT2D eigenvalue weighted by Gasteiger charge is 2.21. The Kier molecular flexibility index (Phi) is 5.29. The lowest BCUT2D eigenvalue weighted by molar-refractivity contribution is -0.980. The van der Waals surface area contributed by atoms with Crippen LogP contribution in [-0.4, -0.2) is 45.0 Å². The van der Waals surface area contributed by atoms with E-state index in [2.05, 4.69) is 26.7 Å². The lowest BCUT2D eigenvalue weighted by Gasteiger charge is -2.20. The second-order valence-electron chi connectivity index (χ2n) is 6.63. The lowest BCUT2D eigenvalue weighted by atomic mass is 10.1. The molecule has 0 bridgehead atoms. The van der Waals surface area contributed by atoms with E-state index in [1.165, 1.54) is 10.5 Å². The van der Waals surface area contributed by atoms with E-state index < -0.39 is 0 Å². The summed E-state index contributed by atoms with van der Waals surface area (Å²) in [6, 6.07) is 14.3. The molecule has 8 heteroatoms. The maximum atomic E-state index is 5.69. The fraction of sp³-hybridized carbons (Fsp3) is 0.300. The van der Waals surface area contributed by atoms with Gasteiger partial charge in [-0.2, -0.15) is 10.3 Å². The normalized spacial score (nSPS) is 16.4. The van der Waals surface area contributed by atoms with Crippen LogP contribution in [0.1, 0.15) is 5.56 Å². The van der Waals surface area contributed by atoms with Crippen molar-refractivity contribution in [2.75, 3.05) is 39.4 Å². The van der Waals surface area contributed by atoms with E-state index in [-0.39, 0.29) is 0 Å². The third kappa shape index (κ3) is 4.01. The summed E-state index contributed by atoms with van der Waals surface area (Å²) < 4.78 is 16.4. The first kappa shape index (κ1) is 18.1. The topological polar surface area (TPSA) is 87.0 Å². The van der Waals surface area contributed by atoms with Crippen molar-refractivity contribution in [1.82, 2.24) is 10.3 Å². The maximum absolute atomic E-state index is 5.69. The molecule has 2 aromatic carbocycles. The van der Waals surface area contributed by atoms with E-state index in [4.69, 9.17) is 13.9 Å². The number of hydrogen-bond acceptors (Lipinski definition) is 6. The van der Waals surface area contributed by atoms with Crippen molar-refractivity contribution >= 4 is 23.1 Å². The molecule has 1 aromatic heterocycles. The molecule has 2 heterocycles. The van der Waals surface area contributed by atoms with Gasteiger partial charge in [-0.1, -0.05) is 18.2 Å². The molecule has 0 spiro atoms. The smallest absolute Gasteiger partial charge is 0.365 e. The van der Waals surface area contributed by atoms with Gasteiger partial charge in [-0.3, -0.25) is 4.90 Å². The quantitative estimate of drug-likeness (QED) is 0.452. The number of benzene rings is 2. The molecule has 0 saturated carbocycles. The average Bonchev–Trinajstić information content (AvgIpc) is 3.15. The first-order chi connectivity index (χ1) is 13.7. The molecule has 0 saturated heterocycles. The van der Waals surface area contributed by atoms with Gasteiger partial charge in [0.2, 0.25) is 0 Å². The fourth-order valence-electron chi connectivity index (χ4n) is 3.21. The molecule has 0 amide bonds. The van der Waals surface area contributed by atoms with Crippen LogP contribution in [0, 0.1) is 0 Å². The number of fused-ring (bicyclic) bond motifs is 1. The van der Waals surface area contributed by atoms with Gasteiger partial charge >= 0.3 is 12.0 Å². The number of ether oxygens (including phenoxy) is 2. The van der Waals surface area contributed by atoms with Crippen LogP contribution in [-0.2, 0) is 6.42 Å². The van der Waals surface area contributed by atoms with Gasteiger partial charge in [-0.05, 0) is 29.8 Å². The third-order valence-electron chi connectivity index (χ3n) is 4.77. The first-order valence-corrected chi connectivity index (χ1v) is 9.27. The van der Waals surface area contributed by atoms with E-state index in [1.807, 2.05) is 36.4 Å². The van der Waals surface area contributed by atoms with Crippen molar-refractivity contribution in [3.63, 3.8) is 0 Å². The van der Waals surface area contributed by atoms with E-state index >= 15 is 0 Å². The highest BCUT2D eigenvalue weighted by Crippen LogP contribution is 2.27. The summed E-state index contributed by atoms with van der Waals surface area (Å²) in [5, 5.41) is 6.52. The number of nitrogens with one attached hydrogen (secondary N) is 4. The van der Waals surface area contributed by atoms with Gasteiger partial charge in [-0.15, -0.1) is 0 Å². The molecular formula is C20H25N5O3+2. The van der Waals surface area contributed by atoms with Crippen molar-refractivity contribution in [2.45, 2.75) is 6.42 Å². The van der Waals surface area contributed by atoms with Crippen molar-refractivity contribution < 1.29 is 23.8 Å². The van der Waals surface area contributed by atoms with E-state index in [1.54, 1.807) is 14.2 Å². The molecule has 1 aliphatic heterocycles. The second kappa shape index (κ2) is 8.18. The number of rotatable bonds is 6. The van der Waals surface area contributed by atoms with Crippen LogP contribution in [0.4, 0.5) is 6.01 Å². The first-order valence-electron chi connectivity index (χ1n) is 9.27. The number of anilines is 1. The summed E-state index contributed by atoms with van der Waals surface area (Å²) in [5.74, 6) is 2.33. The maximum Gasteiger partial charge on any atom is 0.365 e. The van der Waals surface area contributed by atoms with Crippen LogP contribution in [0.5, 0.6) is 11.5 Å². The SMILES string of the molecule is COc1ccc(CC[NH+]2CNC(Nc3nc4ccccc4o3)=[NH+]C2)cc1OC. The minimum Gasteiger partial charge on any atom is -0.493 e. The summed E-state index contributed by atoms with van der Waals surface area (Å²) >= 11 is 0. The molecule has 1 aliphatic rings. The van der Waals surface area contributed by atoms with Gasteiger partial charge in [-0.25, -0.2) is 10.3 Å². The predicted octanol–water partition coefficient (Wildman–Crippen LogP) is -0.661. The molecule has 4 rings (SSSR count). The average molecular weight is 383 g/mol. The molecule has 3 aromatic rings. The monoisotopic (exact) mass is 383 g/mol. The largest absolute Gasteiger partial charge is 0.493 e. The molecule has 1 atom stereocenters. The molecule has 0 aliphatic carbocycles. The zero-order chi connectivity index (χ0) is 19.3. The van der Waals surface area contributed by atoms with Gasteiger partial charge in [0.25, 0.3) is 0 Å². The number of oxazole rings is 1. The zero-order valence-electron chi connectivity index (χ0n) is 16.0. The van der Waals surface area contributed by atoms with Gasteiger partial charge < -0.3 is 13.9 Å². The van der Waals surface area contributed by atoms with E-state index in [9.17, 15) is 0 Å². The Bertz CT molecular complexity index is 952. The number of quaternary nitrogens is 1. The lowest BCUT2D eigenvalue weighted by Crippen LogP contribution is -3.24. The summed E-state index contributed by atoms with van der Waals surface area (Å²) in [4.78, 5) is 9.18. The molecule has 0 fully saturated rings. The summed E-state index contributed by atoms with van der Waals surface area (Å²) in [6.07, 6.45) is 0.951. The van der Waals surface area contributed by atoms with Crippen molar-refractivity contribution in [1.29, 1.82) is 0 Å². The van der Waals surface area contributed by atoms with Crippen LogP contribution in [0.3, 0.4) is 0 Å². The van der Waals surface area contributed by atoms with Crippen LogP contribution in [0.2, 0.25) is 0 Å². The van der Waals surface area contributed by atoms with Gasteiger partial charge in [0.1, 0.15) is 5.52 Å². The Labute approximate surface area is 163 Å². The second-order valence-corrected chi connectivity index (χ2v) is 6.63. The molecule has 146 valence electrons. The molecule has 4 N–H and O–H groups in total. The Hall–Kier alpha value is -3.26. The van der Waals surface area contributed by atoms with Crippen LogP contribution < -0.4 is 30.0 Å². The zero-order valence-corrected chi connectivity index (χ0v) is 16.0. The van der Waals surface area contributed by atoms with Gasteiger partial charge in [0.05, 0.1) is 20.8 Å². The molecule has 1 unspecified atom stereocenters. The van der Waals surface area contributed by atoms with E-state index in [0.717, 1.165) is 54.9 Å². The number of aromatic nitrogens is 1. The van der Waals surface area contributed by atoms with Crippen LogP contribution in [0.25, 0.3) is 11.1 Å². The number of para-hydroxylation sites is 2. The van der Waals surface area contributed by atoms with Crippen molar-refractivity contribution in [3.8, 4) is 11.5 Å². The Morgan fingerprint density at radius 2 is 2.04 bits per heavy atom. The number of nitrogens with zero attached hydrogens (tertiary/aromatic N) is 1. The van der Waals surface area contributed by atoms with Crippen LogP contribution >= 0.6 is 0 Å². The van der Waals surface area contributed by atoms with Crippen molar-refractivity contribution in [2.24, 2.45) is 0 Å². The standard InChI is InChI=1S/C20H23N5O3/c1-26-17-8-7-14(11-18(17)27-2)9-10-25-12-21-19(22-13-25)24-20-23-15-5-3-4-6-16(15)28-20/h3-8,11H,9-10,12-13H2,1-2H3,(H2,21,22,23,24)/p+2. The van der Waals surface area contributed by atoms with Gasteiger partial charge in [0, 0.05) is 6.42 Å². The molecule has 0 radical (unpaired) electrons. The van der Waals surface area contributed by atoms with Gasteiger partial charge in [0.15, 0.2) is 30.4 Å². The highest BCUT2D eigenvalue weighted by atomic mass is 16.5. The van der Waals surface area contributed by atoms with E-state index in [0.29, 0.717) is 6.01 Å². The molecule has 8 nitrogen and oxygen atoms in total. The number of methoxy groups -OCH3 is 2. The Balaban J connectivity index is 1.31. The minimum absolute atomic E-state index is 0.477. The summed E-state index contributed by atoms with van der Waals surface area (Å²) in [7, 11) is 3.31. The molecular weight excluding hydrogens is 358 g/mol. The van der Waals surface area contributed by atoms with Crippen LogP contribution in [0.15, 0.2) is 46.9 Å². The number of hydrogen-bond donors (Lipinski definition) is 4. The predicted molar refractivity (Wildman–Crippen MR) is 106 cm³/mol. The van der Waals surface area contributed by atoms with Crippen molar-refractivity contribution in [3.05, 3.63) is 48.0 Å². The third-order valence-corrected chi connectivity index (χ3v) is 4.77. The summed E-state index contributed by atoms with van der Waals surface area (Å²) in [6.45, 7) is 2.61. The fourth-order valence-corrected chi connectivity index (χ4v) is 3.21.